The van der Waals surface area contributed by atoms with E-state index in [2.05, 4.69) is 13.8 Å². The summed E-state index contributed by atoms with van der Waals surface area (Å²) in [4.78, 5) is 0. The van der Waals surface area contributed by atoms with Crippen LogP contribution in [-0.2, 0) is 4.74 Å². The summed E-state index contributed by atoms with van der Waals surface area (Å²) < 4.78 is 5.30. The summed E-state index contributed by atoms with van der Waals surface area (Å²) in [5.74, 6) is 1.24. The number of ether oxygens (including phenoxy) is 1. The zero-order valence-electron chi connectivity index (χ0n) is 6.64. The average Bonchev–Trinajstić information content (AvgIpc) is 2.20. The molecule has 2 heteroatoms. The number of hydrogen-bond acceptors (Lipinski definition) is 1. The molecule has 0 amide bonds. The molecule has 60 valence electrons. The quantitative estimate of drug-likeness (QED) is 0.568. The summed E-state index contributed by atoms with van der Waals surface area (Å²) in [6.45, 7) is 5.25. The average molecular weight is 163 g/mol. The Kier molecular flexibility index (Phi) is 2.99. The van der Waals surface area contributed by atoms with Gasteiger partial charge in [-0.05, 0) is 12.3 Å². The summed E-state index contributed by atoms with van der Waals surface area (Å²) >= 11 is 5.93. The third kappa shape index (κ3) is 1.64. The molecule has 0 radical (unpaired) electrons. The second-order valence-corrected chi connectivity index (χ2v) is 3.54. The van der Waals surface area contributed by atoms with Crippen molar-refractivity contribution >= 4 is 11.6 Å². The zero-order valence-corrected chi connectivity index (χ0v) is 7.40. The first-order valence-corrected chi connectivity index (χ1v) is 4.45. The highest BCUT2D eigenvalue weighted by atomic mass is 35.5. The highest BCUT2D eigenvalue weighted by molar-refractivity contribution is 6.20. The Morgan fingerprint density at radius 3 is 2.70 bits per heavy atom. The number of alkyl halides is 1. The van der Waals surface area contributed by atoms with Gasteiger partial charge in [-0.3, -0.25) is 0 Å². The fourth-order valence-electron chi connectivity index (χ4n) is 1.50. The highest BCUT2D eigenvalue weighted by Crippen LogP contribution is 2.32. The minimum Gasteiger partial charge on any atom is -0.362 e. The Balaban J connectivity index is 2.38. The summed E-state index contributed by atoms with van der Waals surface area (Å²) in [5.41, 5.74) is -0.0186. The van der Waals surface area contributed by atoms with E-state index in [4.69, 9.17) is 16.3 Å². The van der Waals surface area contributed by atoms with Crippen LogP contribution in [0.1, 0.15) is 26.7 Å². The predicted molar refractivity (Wildman–Crippen MR) is 43.2 cm³/mol. The van der Waals surface area contributed by atoms with Crippen molar-refractivity contribution in [1.82, 2.24) is 0 Å². The molecule has 1 saturated heterocycles. The van der Waals surface area contributed by atoms with Crippen molar-refractivity contribution < 1.29 is 4.74 Å². The Hall–Kier alpha value is 0.250. The van der Waals surface area contributed by atoms with Gasteiger partial charge >= 0.3 is 0 Å². The van der Waals surface area contributed by atoms with Gasteiger partial charge in [0.2, 0.25) is 0 Å². The van der Waals surface area contributed by atoms with Gasteiger partial charge < -0.3 is 4.74 Å². The molecule has 3 unspecified atom stereocenters. The van der Waals surface area contributed by atoms with Gasteiger partial charge in [0.05, 0.1) is 6.61 Å². The molecule has 0 spiro atoms. The van der Waals surface area contributed by atoms with Crippen LogP contribution in [0.5, 0.6) is 0 Å². The molecule has 1 aliphatic heterocycles. The summed E-state index contributed by atoms with van der Waals surface area (Å²) in [5, 5.41) is 0. The van der Waals surface area contributed by atoms with E-state index in [-0.39, 0.29) is 5.56 Å². The maximum Gasteiger partial charge on any atom is 0.134 e. The number of rotatable bonds is 2. The van der Waals surface area contributed by atoms with Crippen LogP contribution in [0.2, 0.25) is 0 Å². The molecule has 0 N–H and O–H groups in total. The number of hydrogen-bond donors (Lipinski definition) is 0. The lowest BCUT2D eigenvalue weighted by Crippen LogP contribution is -2.13. The summed E-state index contributed by atoms with van der Waals surface area (Å²) in [6, 6.07) is 0. The maximum atomic E-state index is 5.93. The Morgan fingerprint density at radius 1 is 1.60 bits per heavy atom. The lowest BCUT2D eigenvalue weighted by molar-refractivity contribution is 0.149. The smallest absolute Gasteiger partial charge is 0.134 e. The fraction of sp³-hybridized carbons (Fsp3) is 1.00. The molecule has 0 aromatic carbocycles. The lowest BCUT2D eigenvalue weighted by atomic mass is 9.93. The van der Waals surface area contributed by atoms with Gasteiger partial charge in [0.1, 0.15) is 5.56 Å². The van der Waals surface area contributed by atoms with E-state index < -0.39 is 0 Å². The molecule has 1 heterocycles. The molecule has 0 aromatic heterocycles. The van der Waals surface area contributed by atoms with Gasteiger partial charge in [0.15, 0.2) is 0 Å². The van der Waals surface area contributed by atoms with Crippen LogP contribution in [0.25, 0.3) is 0 Å². The monoisotopic (exact) mass is 162 g/mol. The van der Waals surface area contributed by atoms with Crippen LogP contribution in [0.3, 0.4) is 0 Å². The molecule has 1 fully saturated rings. The standard InChI is InChI=1S/C8H15ClO/c1-3-4-7-6(2)5-10-8(7)9/h6-8H,3-5H2,1-2H3. The van der Waals surface area contributed by atoms with E-state index in [1.54, 1.807) is 0 Å². The molecule has 0 aromatic rings. The van der Waals surface area contributed by atoms with E-state index >= 15 is 0 Å². The highest BCUT2D eigenvalue weighted by Gasteiger charge is 2.31. The number of halogens is 1. The van der Waals surface area contributed by atoms with Gasteiger partial charge in [-0.1, -0.05) is 31.9 Å². The molecule has 0 bridgehead atoms. The van der Waals surface area contributed by atoms with Crippen molar-refractivity contribution in [1.29, 1.82) is 0 Å². The van der Waals surface area contributed by atoms with Gasteiger partial charge in [0, 0.05) is 5.92 Å². The van der Waals surface area contributed by atoms with Crippen LogP contribution < -0.4 is 0 Å². The predicted octanol–water partition coefficient (Wildman–Crippen LogP) is 2.63. The van der Waals surface area contributed by atoms with E-state index in [0.717, 1.165) is 6.61 Å². The topological polar surface area (TPSA) is 9.23 Å². The molecule has 10 heavy (non-hydrogen) atoms. The van der Waals surface area contributed by atoms with E-state index in [1.807, 2.05) is 0 Å². The van der Waals surface area contributed by atoms with E-state index in [1.165, 1.54) is 12.8 Å². The van der Waals surface area contributed by atoms with Gasteiger partial charge in [-0.25, -0.2) is 0 Å². The van der Waals surface area contributed by atoms with Crippen molar-refractivity contribution in [3.8, 4) is 0 Å². The molecule has 0 saturated carbocycles. The van der Waals surface area contributed by atoms with Crippen LogP contribution in [-0.4, -0.2) is 12.2 Å². The first kappa shape index (κ1) is 8.35. The fourth-order valence-corrected chi connectivity index (χ4v) is 1.95. The van der Waals surface area contributed by atoms with Crippen molar-refractivity contribution in [3.05, 3.63) is 0 Å². The molecule has 3 atom stereocenters. The first-order chi connectivity index (χ1) is 4.75. The summed E-state index contributed by atoms with van der Waals surface area (Å²) in [6.07, 6.45) is 2.41. The first-order valence-electron chi connectivity index (χ1n) is 4.01. The molecule has 0 aliphatic carbocycles. The molecular weight excluding hydrogens is 148 g/mol. The zero-order chi connectivity index (χ0) is 7.56. The van der Waals surface area contributed by atoms with Crippen LogP contribution in [0.15, 0.2) is 0 Å². The Bertz CT molecular complexity index is 95.4. The Labute approximate surface area is 67.7 Å². The van der Waals surface area contributed by atoms with Gasteiger partial charge in [-0.2, -0.15) is 0 Å². The van der Waals surface area contributed by atoms with Crippen LogP contribution in [0, 0.1) is 11.8 Å². The molecular formula is C8H15ClO. The minimum atomic E-state index is -0.0186. The van der Waals surface area contributed by atoms with E-state index in [0.29, 0.717) is 11.8 Å². The van der Waals surface area contributed by atoms with Gasteiger partial charge in [0.25, 0.3) is 0 Å². The molecule has 1 aliphatic rings. The minimum absolute atomic E-state index is 0.0186. The lowest BCUT2D eigenvalue weighted by Gasteiger charge is -2.14. The third-order valence-corrected chi connectivity index (χ3v) is 2.66. The third-order valence-electron chi connectivity index (χ3n) is 2.21. The normalized spacial score (nSPS) is 40.5. The van der Waals surface area contributed by atoms with Gasteiger partial charge in [-0.15, -0.1) is 0 Å². The van der Waals surface area contributed by atoms with Crippen molar-refractivity contribution in [3.63, 3.8) is 0 Å². The van der Waals surface area contributed by atoms with Crippen LogP contribution in [0.4, 0.5) is 0 Å². The van der Waals surface area contributed by atoms with Crippen LogP contribution >= 0.6 is 11.6 Å². The molecule has 1 rings (SSSR count). The molecule has 1 nitrogen and oxygen atoms in total. The second-order valence-electron chi connectivity index (χ2n) is 3.11. The summed E-state index contributed by atoms with van der Waals surface area (Å²) in [7, 11) is 0. The van der Waals surface area contributed by atoms with Crippen molar-refractivity contribution in [2.24, 2.45) is 11.8 Å². The van der Waals surface area contributed by atoms with Crippen molar-refractivity contribution in [2.45, 2.75) is 32.3 Å². The second kappa shape index (κ2) is 3.59. The SMILES string of the molecule is CCCC1C(C)COC1Cl. The maximum absolute atomic E-state index is 5.93. The van der Waals surface area contributed by atoms with Crippen molar-refractivity contribution in [2.75, 3.05) is 6.61 Å². The largest absolute Gasteiger partial charge is 0.362 e. The van der Waals surface area contributed by atoms with E-state index in [9.17, 15) is 0 Å². The Morgan fingerprint density at radius 2 is 2.30 bits per heavy atom.